The summed E-state index contributed by atoms with van der Waals surface area (Å²) in [7, 11) is 0. The van der Waals surface area contributed by atoms with Gasteiger partial charge in [-0.15, -0.1) is 0 Å². The van der Waals surface area contributed by atoms with Gasteiger partial charge in [-0.25, -0.2) is 9.59 Å². The molecule has 0 aromatic heterocycles. The van der Waals surface area contributed by atoms with Gasteiger partial charge in [-0.2, -0.15) is 0 Å². The van der Waals surface area contributed by atoms with Crippen LogP contribution < -0.4 is 0 Å². The molecule has 3 N–H and O–H groups in total. The summed E-state index contributed by atoms with van der Waals surface area (Å²) in [5.74, 6) is -1.75. The molecule has 5 nitrogen and oxygen atoms in total. The molecule has 2 aromatic carbocycles. The molecule has 6 heteroatoms. The van der Waals surface area contributed by atoms with Crippen LogP contribution in [0.15, 0.2) is 60.7 Å². The van der Waals surface area contributed by atoms with Crippen molar-refractivity contribution in [2.24, 2.45) is 0 Å². The Balaban J connectivity index is -0.000000336. The third-order valence-corrected chi connectivity index (χ3v) is 2.31. The van der Waals surface area contributed by atoms with Gasteiger partial charge in [0.05, 0.1) is 5.56 Å². The Bertz CT molecular complexity index is 648. The van der Waals surface area contributed by atoms with Crippen LogP contribution in [0.3, 0.4) is 0 Å². The smallest absolute Gasteiger partial charge is 1.00 e. The van der Waals surface area contributed by atoms with Gasteiger partial charge in [-0.1, -0.05) is 30.3 Å². The summed E-state index contributed by atoms with van der Waals surface area (Å²) in [4.78, 5) is 20.3. The molecular formula is C16H16CaO5. The molecule has 0 unspecified atom stereocenters. The predicted octanol–water partition coefficient (Wildman–Crippen LogP) is 2.72. The fourth-order valence-corrected chi connectivity index (χ4v) is 1.38. The number of rotatable bonds is 3. The molecular weight excluding hydrogens is 312 g/mol. The Morgan fingerprint density at radius 3 is 2.05 bits per heavy atom. The molecule has 0 aliphatic rings. The van der Waals surface area contributed by atoms with Crippen LogP contribution in [0.2, 0.25) is 0 Å². The van der Waals surface area contributed by atoms with Crippen molar-refractivity contribution in [3.63, 3.8) is 0 Å². The van der Waals surface area contributed by atoms with Crippen LogP contribution in [-0.4, -0.2) is 65.0 Å². The minimum Gasteiger partial charge on any atom is -1.00 e. The fraction of sp³-hybridized carbons (Fsp3) is 0. The third-order valence-electron chi connectivity index (χ3n) is 2.31. The van der Waals surface area contributed by atoms with Gasteiger partial charge in [0.25, 0.3) is 0 Å². The third kappa shape index (κ3) is 8.46. The van der Waals surface area contributed by atoms with Gasteiger partial charge in [0.2, 0.25) is 0 Å². The van der Waals surface area contributed by atoms with Gasteiger partial charge in [0, 0.05) is 6.08 Å². The number of phenols is 1. The number of benzene rings is 2. The number of phenolic OH excluding ortho intramolecular Hbond substituents is 1. The minimum absolute atomic E-state index is 0. The summed E-state index contributed by atoms with van der Waals surface area (Å²) in [6.45, 7) is 0. The van der Waals surface area contributed by atoms with Gasteiger partial charge in [0.1, 0.15) is 5.75 Å². The Hall–Kier alpha value is -1.82. The van der Waals surface area contributed by atoms with E-state index in [1.54, 1.807) is 42.5 Å². The van der Waals surface area contributed by atoms with Crippen molar-refractivity contribution in [1.82, 2.24) is 0 Å². The fourth-order valence-electron chi connectivity index (χ4n) is 1.38. The Morgan fingerprint density at radius 2 is 1.59 bits per heavy atom. The molecule has 22 heavy (non-hydrogen) atoms. The number of carbonyl (C=O) groups is 2. The van der Waals surface area contributed by atoms with E-state index >= 15 is 0 Å². The van der Waals surface area contributed by atoms with E-state index in [2.05, 4.69) is 0 Å². The van der Waals surface area contributed by atoms with E-state index in [0.717, 1.165) is 6.08 Å². The SMILES string of the molecule is O=C(O)C=Cc1cccc(O)c1.O=C(O)c1ccccc1.[Ca+2].[H-].[H-]. The summed E-state index contributed by atoms with van der Waals surface area (Å²) in [6, 6.07) is 14.7. The van der Waals surface area contributed by atoms with Crippen molar-refractivity contribution < 1.29 is 27.8 Å². The maximum Gasteiger partial charge on any atom is 2.00 e. The first-order valence-corrected chi connectivity index (χ1v) is 5.97. The zero-order valence-corrected chi connectivity index (χ0v) is 13.9. The first-order valence-electron chi connectivity index (χ1n) is 5.97. The molecule has 0 aliphatic carbocycles. The van der Waals surface area contributed by atoms with Crippen LogP contribution in [0.1, 0.15) is 18.8 Å². The van der Waals surface area contributed by atoms with Crippen LogP contribution >= 0.6 is 0 Å². The van der Waals surface area contributed by atoms with Crippen LogP contribution in [-0.2, 0) is 4.79 Å². The standard InChI is InChI=1S/C9H8O3.C7H6O2.Ca.2H/c10-8-3-1-2-7(6-8)4-5-9(11)12;8-7(9)6-4-2-1-3-5-6;;;/h1-6,10H,(H,11,12);1-5H,(H,8,9);;;/q;;+2;2*-1. The van der Waals surface area contributed by atoms with Crippen molar-refractivity contribution in [2.45, 2.75) is 0 Å². The van der Waals surface area contributed by atoms with E-state index in [1.165, 1.54) is 18.2 Å². The molecule has 0 amide bonds. The molecule has 0 saturated heterocycles. The second-order valence-corrected chi connectivity index (χ2v) is 3.94. The number of carboxylic acid groups (broad SMARTS) is 2. The van der Waals surface area contributed by atoms with Gasteiger partial charge < -0.3 is 18.2 Å². The molecule has 0 spiro atoms. The average molecular weight is 328 g/mol. The number of aromatic carboxylic acids is 1. The Labute approximate surface area is 160 Å². The van der Waals surface area contributed by atoms with Crippen LogP contribution in [0.4, 0.5) is 0 Å². The van der Waals surface area contributed by atoms with Crippen LogP contribution in [0.5, 0.6) is 5.75 Å². The molecule has 0 radical (unpaired) electrons. The number of aromatic hydroxyl groups is 1. The van der Waals surface area contributed by atoms with Crippen molar-refractivity contribution in [3.05, 3.63) is 71.8 Å². The summed E-state index contributed by atoms with van der Waals surface area (Å²) >= 11 is 0. The van der Waals surface area contributed by atoms with Gasteiger partial charge >= 0.3 is 49.7 Å². The summed E-state index contributed by atoms with van der Waals surface area (Å²) in [5, 5.41) is 25.7. The number of carboxylic acids is 2. The zero-order chi connectivity index (χ0) is 15.7. The van der Waals surface area contributed by atoms with Gasteiger partial charge in [0.15, 0.2) is 0 Å². The Kier molecular flexibility index (Phi) is 9.95. The van der Waals surface area contributed by atoms with Crippen molar-refractivity contribution in [1.29, 1.82) is 0 Å². The predicted molar refractivity (Wildman–Crippen MR) is 86.2 cm³/mol. The molecule has 0 aliphatic heterocycles. The van der Waals surface area contributed by atoms with E-state index in [-0.39, 0.29) is 46.3 Å². The van der Waals surface area contributed by atoms with Crippen molar-refractivity contribution in [3.8, 4) is 5.75 Å². The maximum atomic E-state index is 10.2. The molecule has 0 fully saturated rings. The molecule has 0 saturated carbocycles. The minimum atomic E-state index is -1.00. The molecule has 2 rings (SSSR count). The summed E-state index contributed by atoms with van der Waals surface area (Å²) in [6.07, 6.45) is 2.44. The first-order chi connectivity index (χ1) is 9.99. The second-order valence-electron chi connectivity index (χ2n) is 3.94. The molecule has 0 heterocycles. The van der Waals surface area contributed by atoms with Gasteiger partial charge in [-0.05, 0) is 35.9 Å². The number of aliphatic carboxylic acids is 1. The van der Waals surface area contributed by atoms with E-state index in [0.29, 0.717) is 11.1 Å². The second kappa shape index (κ2) is 10.8. The average Bonchev–Trinajstić information content (AvgIpc) is 2.47. The number of hydrogen-bond donors (Lipinski definition) is 3. The van der Waals surface area contributed by atoms with E-state index in [9.17, 15) is 9.59 Å². The van der Waals surface area contributed by atoms with E-state index < -0.39 is 11.9 Å². The first kappa shape index (κ1) is 20.2. The van der Waals surface area contributed by atoms with E-state index in [1.807, 2.05) is 0 Å². The monoisotopic (exact) mass is 328 g/mol. The topological polar surface area (TPSA) is 94.8 Å². The summed E-state index contributed by atoms with van der Waals surface area (Å²) in [5.41, 5.74) is 0.995. The maximum absolute atomic E-state index is 10.2. The normalized spacial score (nSPS) is 9.27. The van der Waals surface area contributed by atoms with Crippen LogP contribution in [0.25, 0.3) is 6.08 Å². The zero-order valence-electron chi connectivity index (χ0n) is 13.7. The van der Waals surface area contributed by atoms with Crippen molar-refractivity contribution >= 4 is 55.8 Å². The van der Waals surface area contributed by atoms with Gasteiger partial charge in [-0.3, -0.25) is 0 Å². The summed E-state index contributed by atoms with van der Waals surface area (Å²) < 4.78 is 0. The molecule has 112 valence electrons. The molecule has 0 bridgehead atoms. The molecule has 0 atom stereocenters. The quantitative estimate of drug-likeness (QED) is 0.595. The Morgan fingerprint density at radius 1 is 0.955 bits per heavy atom. The molecule has 2 aromatic rings. The number of hydrogen-bond acceptors (Lipinski definition) is 3. The van der Waals surface area contributed by atoms with E-state index in [4.69, 9.17) is 15.3 Å². The van der Waals surface area contributed by atoms with Crippen LogP contribution in [0, 0.1) is 0 Å². The largest absolute Gasteiger partial charge is 2.00 e. The van der Waals surface area contributed by atoms with Crippen molar-refractivity contribution in [2.75, 3.05) is 0 Å².